The predicted octanol–water partition coefficient (Wildman–Crippen LogP) is 3.08. The maximum Gasteiger partial charge on any atom is 0.331 e. The molecule has 4 nitrogen and oxygen atoms in total. The SMILES string of the molecule is CCOC(=O)[C@](C#N)(CCC#N)c1ccc(Br)cc1. The van der Waals surface area contributed by atoms with Gasteiger partial charge in [-0.3, -0.25) is 0 Å². The van der Waals surface area contributed by atoms with Crippen molar-refractivity contribution in [2.45, 2.75) is 25.2 Å². The molecule has 1 atom stereocenters. The molecule has 0 aliphatic heterocycles. The van der Waals surface area contributed by atoms with Crippen molar-refractivity contribution >= 4 is 21.9 Å². The summed E-state index contributed by atoms with van der Waals surface area (Å²) in [6.45, 7) is 1.89. The van der Waals surface area contributed by atoms with Crippen molar-refractivity contribution in [3.05, 3.63) is 34.3 Å². The van der Waals surface area contributed by atoms with Gasteiger partial charge in [0.15, 0.2) is 5.41 Å². The fourth-order valence-corrected chi connectivity index (χ4v) is 2.03. The van der Waals surface area contributed by atoms with E-state index in [4.69, 9.17) is 10.00 Å². The zero-order valence-electron chi connectivity index (χ0n) is 10.5. The number of esters is 1. The lowest BCUT2D eigenvalue weighted by Gasteiger charge is -2.23. The first-order chi connectivity index (χ1) is 9.10. The van der Waals surface area contributed by atoms with Gasteiger partial charge in [-0.1, -0.05) is 28.1 Å². The van der Waals surface area contributed by atoms with E-state index in [9.17, 15) is 10.1 Å². The molecule has 0 bridgehead atoms. The van der Waals surface area contributed by atoms with Crippen molar-refractivity contribution in [3.8, 4) is 12.1 Å². The predicted molar refractivity (Wildman–Crippen MR) is 72.9 cm³/mol. The van der Waals surface area contributed by atoms with Gasteiger partial charge in [0, 0.05) is 10.9 Å². The lowest BCUT2D eigenvalue weighted by Crippen LogP contribution is -2.36. The van der Waals surface area contributed by atoms with E-state index in [-0.39, 0.29) is 19.4 Å². The molecule has 19 heavy (non-hydrogen) atoms. The van der Waals surface area contributed by atoms with E-state index < -0.39 is 11.4 Å². The molecule has 1 rings (SSSR count). The van der Waals surface area contributed by atoms with Crippen molar-refractivity contribution in [2.75, 3.05) is 6.61 Å². The van der Waals surface area contributed by atoms with Crippen molar-refractivity contribution in [1.82, 2.24) is 0 Å². The second kappa shape index (κ2) is 6.92. The number of hydrogen-bond donors (Lipinski definition) is 0. The number of carbonyl (C=O) groups is 1. The molecular weight excluding hydrogens is 308 g/mol. The summed E-state index contributed by atoms with van der Waals surface area (Å²) >= 11 is 3.30. The number of halogens is 1. The van der Waals surface area contributed by atoms with Crippen LogP contribution < -0.4 is 0 Å². The number of nitrogens with zero attached hydrogens (tertiary/aromatic N) is 2. The normalized spacial score (nSPS) is 12.8. The molecule has 0 saturated carbocycles. The fourth-order valence-electron chi connectivity index (χ4n) is 1.76. The van der Waals surface area contributed by atoms with Crippen molar-refractivity contribution in [2.24, 2.45) is 0 Å². The Morgan fingerprint density at radius 1 is 1.37 bits per heavy atom. The summed E-state index contributed by atoms with van der Waals surface area (Å²) in [6.07, 6.45) is 0.239. The van der Waals surface area contributed by atoms with Crippen LogP contribution in [-0.4, -0.2) is 12.6 Å². The van der Waals surface area contributed by atoms with Crippen LogP contribution >= 0.6 is 15.9 Å². The summed E-state index contributed by atoms with van der Waals surface area (Å²) in [6, 6.07) is 10.9. The third kappa shape index (κ3) is 3.33. The Kier molecular flexibility index (Phi) is 5.54. The first-order valence-corrected chi connectivity index (χ1v) is 6.61. The maximum atomic E-state index is 12.1. The summed E-state index contributed by atoms with van der Waals surface area (Å²) in [5.41, 5.74) is -0.862. The van der Waals surface area contributed by atoms with E-state index >= 15 is 0 Å². The minimum atomic E-state index is -1.41. The average molecular weight is 321 g/mol. The van der Waals surface area contributed by atoms with E-state index in [1.165, 1.54) is 0 Å². The van der Waals surface area contributed by atoms with Gasteiger partial charge < -0.3 is 4.74 Å². The third-order valence-corrected chi connectivity index (χ3v) is 3.29. The van der Waals surface area contributed by atoms with Gasteiger partial charge in [-0.25, -0.2) is 4.79 Å². The maximum absolute atomic E-state index is 12.1. The van der Waals surface area contributed by atoms with E-state index in [0.717, 1.165) is 4.47 Å². The largest absolute Gasteiger partial charge is 0.465 e. The first-order valence-electron chi connectivity index (χ1n) is 5.82. The Morgan fingerprint density at radius 3 is 2.47 bits per heavy atom. The molecule has 0 saturated heterocycles. The molecule has 0 aromatic heterocycles. The lowest BCUT2D eigenvalue weighted by molar-refractivity contribution is -0.148. The average Bonchev–Trinajstić information content (AvgIpc) is 2.42. The number of ether oxygens (including phenoxy) is 1. The molecule has 0 unspecified atom stereocenters. The molecule has 0 aliphatic rings. The quantitative estimate of drug-likeness (QED) is 0.781. The minimum Gasteiger partial charge on any atom is -0.465 e. The summed E-state index contributed by atoms with van der Waals surface area (Å²) < 4.78 is 5.85. The number of carbonyl (C=O) groups excluding carboxylic acids is 1. The Hall–Kier alpha value is -1.85. The molecule has 0 aliphatic carbocycles. The highest BCUT2D eigenvalue weighted by molar-refractivity contribution is 9.10. The van der Waals surface area contributed by atoms with Crippen LogP contribution in [0.3, 0.4) is 0 Å². The van der Waals surface area contributed by atoms with Crippen LogP contribution in [0, 0.1) is 22.7 Å². The van der Waals surface area contributed by atoms with Crippen LogP contribution in [0.5, 0.6) is 0 Å². The number of benzene rings is 1. The van der Waals surface area contributed by atoms with Gasteiger partial charge in [0.05, 0.1) is 18.7 Å². The summed E-state index contributed by atoms with van der Waals surface area (Å²) in [5.74, 6) is -0.602. The molecule has 0 radical (unpaired) electrons. The number of rotatable bonds is 5. The molecule has 0 N–H and O–H groups in total. The van der Waals surface area contributed by atoms with Crippen LogP contribution in [0.1, 0.15) is 25.3 Å². The van der Waals surface area contributed by atoms with Gasteiger partial charge in [-0.15, -0.1) is 0 Å². The molecule has 0 fully saturated rings. The molecule has 0 spiro atoms. The van der Waals surface area contributed by atoms with Gasteiger partial charge in [0.1, 0.15) is 0 Å². The Morgan fingerprint density at radius 2 is 2.00 bits per heavy atom. The Balaban J connectivity index is 3.24. The molecule has 1 aromatic rings. The standard InChI is InChI=1S/C14H13BrN2O2/c1-2-19-13(18)14(10-17,8-3-9-16)11-4-6-12(15)7-5-11/h4-7H,2-3,8H2,1H3/t14-/m0/s1. The van der Waals surface area contributed by atoms with Crippen molar-refractivity contribution < 1.29 is 9.53 Å². The molecule has 0 amide bonds. The smallest absolute Gasteiger partial charge is 0.331 e. The lowest BCUT2D eigenvalue weighted by atomic mass is 9.78. The van der Waals surface area contributed by atoms with Gasteiger partial charge in [-0.2, -0.15) is 10.5 Å². The second-order valence-electron chi connectivity index (χ2n) is 3.90. The highest BCUT2D eigenvalue weighted by Gasteiger charge is 2.41. The van der Waals surface area contributed by atoms with E-state index in [0.29, 0.717) is 5.56 Å². The zero-order valence-corrected chi connectivity index (χ0v) is 12.1. The molecule has 0 heterocycles. The Bertz CT molecular complexity index is 528. The van der Waals surface area contributed by atoms with Gasteiger partial charge in [-0.05, 0) is 31.0 Å². The van der Waals surface area contributed by atoms with Gasteiger partial charge in [0.2, 0.25) is 0 Å². The Labute approximate surface area is 120 Å². The fraction of sp³-hybridized carbons (Fsp3) is 0.357. The van der Waals surface area contributed by atoms with Crippen LogP contribution in [0.4, 0.5) is 0 Å². The van der Waals surface area contributed by atoms with Crippen LogP contribution in [0.2, 0.25) is 0 Å². The summed E-state index contributed by atoms with van der Waals surface area (Å²) in [4.78, 5) is 12.1. The molecule has 1 aromatic carbocycles. The van der Waals surface area contributed by atoms with Crippen LogP contribution in [0.15, 0.2) is 28.7 Å². The van der Waals surface area contributed by atoms with Gasteiger partial charge in [0.25, 0.3) is 0 Å². The highest BCUT2D eigenvalue weighted by atomic mass is 79.9. The molecule has 98 valence electrons. The van der Waals surface area contributed by atoms with Gasteiger partial charge >= 0.3 is 5.97 Å². The monoisotopic (exact) mass is 320 g/mol. The van der Waals surface area contributed by atoms with Crippen LogP contribution in [-0.2, 0) is 14.9 Å². The zero-order chi connectivity index (χ0) is 14.3. The summed E-state index contributed by atoms with van der Waals surface area (Å²) in [7, 11) is 0. The molecule has 5 heteroatoms. The topological polar surface area (TPSA) is 73.9 Å². The first kappa shape index (κ1) is 15.2. The minimum absolute atomic E-state index is 0.114. The molecular formula is C14H13BrN2O2. The van der Waals surface area contributed by atoms with E-state index in [1.54, 1.807) is 31.2 Å². The van der Waals surface area contributed by atoms with Crippen molar-refractivity contribution in [3.63, 3.8) is 0 Å². The number of hydrogen-bond acceptors (Lipinski definition) is 4. The van der Waals surface area contributed by atoms with E-state index in [1.807, 2.05) is 12.1 Å². The van der Waals surface area contributed by atoms with Crippen molar-refractivity contribution in [1.29, 1.82) is 10.5 Å². The summed E-state index contributed by atoms with van der Waals surface area (Å²) in [5, 5.41) is 18.2. The van der Waals surface area contributed by atoms with E-state index in [2.05, 4.69) is 15.9 Å². The second-order valence-corrected chi connectivity index (χ2v) is 4.82. The number of nitriles is 2. The highest BCUT2D eigenvalue weighted by Crippen LogP contribution is 2.31. The third-order valence-electron chi connectivity index (χ3n) is 2.76. The van der Waals surface area contributed by atoms with Crippen LogP contribution in [0.25, 0.3) is 0 Å².